The van der Waals surface area contributed by atoms with Crippen LogP contribution in [0.2, 0.25) is 0 Å². The number of nitrogens with one attached hydrogen (secondary N) is 1. The zero-order valence-corrected chi connectivity index (χ0v) is 11.2. The van der Waals surface area contributed by atoms with E-state index >= 15 is 0 Å². The van der Waals surface area contributed by atoms with Crippen molar-refractivity contribution in [1.29, 1.82) is 0 Å². The van der Waals surface area contributed by atoms with Crippen LogP contribution in [0.1, 0.15) is 50.7 Å². The van der Waals surface area contributed by atoms with Crippen molar-refractivity contribution in [2.75, 3.05) is 6.54 Å². The molecular formula is C16H23N. The summed E-state index contributed by atoms with van der Waals surface area (Å²) in [4.78, 5) is 0. The molecule has 1 nitrogen and oxygen atoms in total. The lowest BCUT2D eigenvalue weighted by molar-refractivity contribution is 0.736. The molecule has 2 rings (SSSR count). The molecule has 0 atom stereocenters. The molecule has 1 aromatic rings. The molecular weight excluding hydrogens is 206 g/mol. The third kappa shape index (κ3) is 4.01. The summed E-state index contributed by atoms with van der Waals surface area (Å²) in [7, 11) is 0. The molecule has 0 saturated heterocycles. The minimum Gasteiger partial charge on any atom is -0.310 e. The van der Waals surface area contributed by atoms with Gasteiger partial charge in [-0.3, -0.25) is 0 Å². The van der Waals surface area contributed by atoms with E-state index in [0.717, 1.165) is 12.6 Å². The van der Waals surface area contributed by atoms with Crippen LogP contribution in [-0.4, -0.2) is 12.6 Å². The lowest BCUT2D eigenvalue weighted by Crippen LogP contribution is -2.18. The third-order valence-corrected chi connectivity index (χ3v) is 3.26. The largest absolute Gasteiger partial charge is 0.310 e. The summed E-state index contributed by atoms with van der Waals surface area (Å²) in [6, 6.07) is 9.70. The van der Waals surface area contributed by atoms with Crippen molar-refractivity contribution < 1.29 is 0 Å². The first-order valence-corrected chi connectivity index (χ1v) is 6.65. The van der Waals surface area contributed by atoms with Crippen LogP contribution >= 0.6 is 0 Å². The van der Waals surface area contributed by atoms with Gasteiger partial charge in [0.1, 0.15) is 0 Å². The van der Waals surface area contributed by atoms with E-state index in [9.17, 15) is 0 Å². The quantitative estimate of drug-likeness (QED) is 0.805. The molecule has 0 radical (unpaired) electrons. The summed E-state index contributed by atoms with van der Waals surface area (Å²) in [5, 5.41) is 3.54. The molecule has 1 heteroatoms. The highest BCUT2D eigenvalue weighted by molar-refractivity contribution is 5.53. The van der Waals surface area contributed by atoms with Gasteiger partial charge in [-0.2, -0.15) is 0 Å². The van der Waals surface area contributed by atoms with Gasteiger partial charge in [-0.15, -0.1) is 0 Å². The Kier molecular flexibility index (Phi) is 4.01. The summed E-state index contributed by atoms with van der Waals surface area (Å²) in [5.41, 5.74) is 4.13. The van der Waals surface area contributed by atoms with E-state index in [4.69, 9.17) is 0 Å². The average molecular weight is 229 g/mol. The van der Waals surface area contributed by atoms with E-state index in [0.29, 0.717) is 5.92 Å². The Balaban J connectivity index is 1.93. The summed E-state index contributed by atoms with van der Waals surface area (Å²) in [6.07, 6.45) is 4.99. The van der Waals surface area contributed by atoms with Crippen LogP contribution in [0.5, 0.6) is 0 Å². The number of rotatable bonds is 5. The second-order valence-electron chi connectivity index (χ2n) is 5.47. The molecule has 0 spiro atoms. The second-order valence-corrected chi connectivity index (χ2v) is 5.47. The molecule has 1 aliphatic rings. The average Bonchev–Trinajstić information content (AvgIpc) is 3.11. The van der Waals surface area contributed by atoms with Crippen LogP contribution in [0.3, 0.4) is 0 Å². The maximum absolute atomic E-state index is 3.54. The molecule has 0 aliphatic heterocycles. The summed E-state index contributed by atoms with van der Waals surface area (Å²) in [5.74, 6) is 0.616. The first-order chi connectivity index (χ1) is 8.15. The third-order valence-electron chi connectivity index (χ3n) is 3.26. The van der Waals surface area contributed by atoms with Gasteiger partial charge in [0.15, 0.2) is 0 Å². The Bertz CT molecular complexity index is 382. The van der Waals surface area contributed by atoms with Gasteiger partial charge in [-0.25, -0.2) is 0 Å². The number of hydrogen-bond acceptors (Lipinski definition) is 1. The lowest BCUT2D eigenvalue weighted by Gasteiger charge is -2.06. The number of hydrogen-bond donors (Lipinski definition) is 1. The van der Waals surface area contributed by atoms with E-state index in [1.54, 1.807) is 0 Å². The van der Waals surface area contributed by atoms with E-state index < -0.39 is 0 Å². The van der Waals surface area contributed by atoms with Crippen molar-refractivity contribution in [3.05, 3.63) is 41.0 Å². The highest BCUT2D eigenvalue weighted by atomic mass is 14.9. The van der Waals surface area contributed by atoms with E-state index in [1.807, 2.05) is 0 Å². The lowest BCUT2D eigenvalue weighted by atomic mass is 10.0. The minimum absolute atomic E-state index is 0.616. The standard InChI is InChI=1S/C16H23N/c1-12(2)15-6-4-14(5-7-15)10-13(3)11-17-16-8-9-16/h4-7,10,12,16-17H,8-9,11H2,1-3H3. The molecule has 0 heterocycles. The van der Waals surface area contributed by atoms with Crippen molar-refractivity contribution in [2.45, 2.75) is 45.6 Å². The fourth-order valence-electron chi connectivity index (χ4n) is 1.91. The maximum Gasteiger partial charge on any atom is 0.0167 e. The molecule has 0 bridgehead atoms. The molecule has 1 aliphatic carbocycles. The molecule has 92 valence electrons. The zero-order valence-electron chi connectivity index (χ0n) is 11.2. The summed E-state index contributed by atoms with van der Waals surface area (Å²) >= 11 is 0. The monoisotopic (exact) mass is 229 g/mol. The van der Waals surface area contributed by atoms with Crippen molar-refractivity contribution in [1.82, 2.24) is 5.32 Å². The van der Waals surface area contributed by atoms with Crippen LogP contribution < -0.4 is 5.32 Å². The highest BCUT2D eigenvalue weighted by Gasteiger charge is 2.19. The molecule has 0 amide bonds. The molecule has 17 heavy (non-hydrogen) atoms. The predicted octanol–water partition coefficient (Wildman–Crippen LogP) is 3.97. The Morgan fingerprint density at radius 2 is 1.94 bits per heavy atom. The van der Waals surface area contributed by atoms with Gasteiger partial charge in [0.2, 0.25) is 0 Å². The Morgan fingerprint density at radius 1 is 1.29 bits per heavy atom. The Hall–Kier alpha value is -1.08. The van der Waals surface area contributed by atoms with Crippen LogP contribution in [0, 0.1) is 0 Å². The number of benzene rings is 1. The Labute approximate surface area is 105 Å². The molecule has 0 aromatic heterocycles. The van der Waals surface area contributed by atoms with Crippen molar-refractivity contribution in [2.24, 2.45) is 0 Å². The van der Waals surface area contributed by atoms with Crippen molar-refractivity contribution >= 4 is 6.08 Å². The molecule has 1 aromatic carbocycles. The van der Waals surface area contributed by atoms with Gasteiger partial charge in [0.05, 0.1) is 0 Å². The Morgan fingerprint density at radius 3 is 2.47 bits per heavy atom. The van der Waals surface area contributed by atoms with E-state index in [2.05, 4.69) is 56.4 Å². The topological polar surface area (TPSA) is 12.0 Å². The fourth-order valence-corrected chi connectivity index (χ4v) is 1.91. The molecule has 1 N–H and O–H groups in total. The predicted molar refractivity (Wildman–Crippen MR) is 75.2 cm³/mol. The fraction of sp³-hybridized carbons (Fsp3) is 0.500. The molecule has 1 fully saturated rings. The van der Waals surface area contributed by atoms with Gasteiger partial charge in [0, 0.05) is 12.6 Å². The molecule has 0 unspecified atom stereocenters. The van der Waals surface area contributed by atoms with Gasteiger partial charge in [-0.05, 0) is 36.8 Å². The van der Waals surface area contributed by atoms with Crippen molar-refractivity contribution in [3.8, 4) is 0 Å². The van der Waals surface area contributed by atoms with Crippen LogP contribution in [0.25, 0.3) is 6.08 Å². The van der Waals surface area contributed by atoms with Crippen LogP contribution in [0.15, 0.2) is 29.8 Å². The van der Waals surface area contributed by atoms with Crippen molar-refractivity contribution in [3.63, 3.8) is 0 Å². The van der Waals surface area contributed by atoms with Crippen LogP contribution in [-0.2, 0) is 0 Å². The highest BCUT2D eigenvalue weighted by Crippen LogP contribution is 2.19. The molecule has 1 saturated carbocycles. The maximum atomic E-state index is 3.54. The summed E-state index contributed by atoms with van der Waals surface area (Å²) < 4.78 is 0. The minimum atomic E-state index is 0.616. The first kappa shape index (κ1) is 12.4. The SMILES string of the molecule is CC(=Cc1ccc(C(C)C)cc1)CNC1CC1. The first-order valence-electron chi connectivity index (χ1n) is 6.65. The smallest absolute Gasteiger partial charge is 0.0167 e. The van der Waals surface area contributed by atoms with E-state index in [1.165, 1.54) is 29.5 Å². The summed E-state index contributed by atoms with van der Waals surface area (Å²) in [6.45, 7) is 7.69. The van der Waals surface area contributed by atoms with E-state index in [-0.39, 0.29) is 0 Å². The normalized spacial score (nSPS) is 16.6. The van der Waals surface area contributed by atoms with Gasteiger partial charge < -0.3 is 5.32 Å². The van der Waals surface area contributed by atoms with Gasteiger partial charge in [-0.1, -0.05) is 49.8 Å². The van der Waals surface area contributed by atoms with Crippen LogP contribution in [0.4, 0.5) is 0 Å². The van der Waals surface area contributed by atoms with Gasteiger partial charge in [0.25, 0.3) is 0 Å². The van der Waals surface area contributed by atoms with Gasteiger partial charge >= 0.3 is 0 Å². The second kappa shape index (κ2) is 5.50. The zero-order chi connectivity index (χ0) is 12.3.